The number of para-hydroxylation sites is 1. The summed E-state index contributed by atoms with van der Waals surface area (Å²) in [4.78, 5) is 0. The molecule has 0 bridgehead atoms. The van der Waals surface area contributed by atoms with Crippen molar-refractivity contribution in [1.82, 2.24) is 14.8 Å². The van der Waals surface area contributed by atoms with Crippen LogP contribution in [0.1, 0.15) is 5.56 Å². The lowest BCUT2D eigenvalue weighted by Gasteiger charge is -2.13. The molecule has 0 spiro atoms. The van der Waals surface area contributed by atoms with Crippen molar-refractivity contribution in [3.05, 3.63) is 83.9 Å². The minimum atomic E-state index is -0.483. The number of rotatable bonds is 7. The Bertz CT molecular complexity index is 1200. The summed E-state index contributed by atoms with van der Waals surface area (Å²) < 4.78 is 40.3. The van der Waals surface area contributed by atoms with E-state index < -0.39 is 11.6 Å². The minimum absolute atomic E-state index is 0.198. The van der Waals surface area contributed by atoms with Gasteiger partial charge in [-0.15, -0.1) is 10.2 Å². The van der Waals surface area contributed by atoms with Gasteiger partial charge in [-0.3, -0.25) is 4.57 Å². The fraction of sp³-hybridized carbons (Fsp3) is 0.130. The summed E-state index contributed by atoms with van der Waals surface area (Å²) in [7, 11) is 3.19. The van der Waals surface area contributed by atoms with Gasteiger partial charge in [0.2, 0.25) is 0 Å². The lowest BCUT2D eigenvalue weighted by molar-refractivity contribution is 0.414. The monoisotopic (exact) mass is 439 g/mol. The van der Waals surface area contributed by atoms with Crippen molar-refractivity contribution in [2.24, 2.45) is 0 Å². The highest BCUT2D eigenvalue weighted by Crippen LogP contribution is 2.34. The normalized spacial score (nSPS) is 10.8. The molecule has 0 radical (unpaired) electrons. The van der Waals surface area contributed by atoms with Gasteiger partial charge in [-0.25, -0.2) is 8.78 Å². The summed E-state index contributed by atoms with van der Waals surface area (Å²) in [6, 6.07) is 18.4. The first kappa shape index (κ1) is 20.9. The Morgan fingerprint density at radius 3 is 2.42 bits per heavy atom. The molecule has 0 saturated heterocycles. The average molecular weight is 439 g/mol. The molecule has 0 N–H and O–H groups in total. The Kier molecular flexibility index (Phi) is 6.18. The first-order valence-corrected chi connectivity index (χ1v) is 10.4. The van der Waals surface area contributed by atoms with Gasteiger partial charge in [-0.2, -0.15) is 0 Å². The van der Waals surface area contributed by atoms with Crippen LogP contribution in [0.15, 0.2) is 71.9 Å². The maximum atomic E-state index is 14.1. The molecule has 8 heteroatoms. The number of nitrogens with zero attached hydrogens (tertiary/aromatic N) is 3. The molecule has 0 saturated carbocycles. The number of halogens is 2. The minimum Gasteiger partial charge on any atom is -0.497 e. The van der Waals surface area contributed by atoms with Gasteiger partial charge in [0, 0.05) is 11.3 Å². The maximum absolute atomic E-state index is 14.1. The number of hydrogen-bond donors (Lipinski definition) is 0. The molecule has 0 aliphatic rings. The first-order valence-electron chi connectivity index (χ1n) is 9.40. The van der Waals surface area contributed by atoms with E-state index in [4.69, 9.17) is 9.47 Å². The molecule has 0 fully saturated rings. The SMILES string of the molecule is COc1ccc(-n2c(SCc3cc(F)ccc3F)nnc2-c2ccccc2OC)cc1. The Morgan fingerprint density at radius 1 is 0.903 bits per heavy atom. The van der Waals surface area contributed by atoms with Crippen molar-refractivity contribution in [3.63, 3.8) is 0 Å². The van der Waals surface area contributed by atoms with E-state index >= 15 is 0 Å². The van der Waals surface area contributed by atoms with E-state index in [0.29, 0.717) is 22.5 Å². The summed E-state index contributed by atoms with van der Waals surface area (Å²) in [6.07, 6.45) is 0. The van der Waals surface area contributed by atoms with Gasteiger partial charge in [0.05, 0.1) is 25.5 Å². The lowest BCUT2D eigenvalue weighted by Crippen LogP contribution is -2.01. The van der Waals surface area contributed by atoms with Crippen LogP contribution < -0.4 is 9.47 Å². The van der Waals surface area contributed by atoms with Crippen molar-refractivity contribution in [1.29, 1.82) is 0 Å². The summed E-state index contributed by atoms with van der Waals surface area (Å²) in [5.41, 5.74) is 1.82. The van der Waals surface area contributed by atoms with E-state index in [0.717, 1.165) is 23.4 Å². The molecular weight excluding hydrogens is 420 g/mol. The zero-order valence-corrected chi connectivity index (χ0v) is 17.7. The van der Waals surface area contributed by atoms with Gasteiger partial charge in [0.1, 0.15) is 23.1 Å². The summed E-state index contributed by atoms with van der Waals surface area (Å²) in [5, 5.41) is 9.24. The Morgan fingerprint density at radius 2 is 1.68 bits per heavy atom. The molecule has 3 aromatic carbocycles. The number of hydrogen-bond acceptors (Lipinski definition) is 5. The zero-order chi connectivity index (χ0) is 21.8. The number of aromatic nitrogens is 3. The van der Waals surface area contributed by atoms with E-state index in [1.54, 1.807) is 14.2 Å². The van der Waals surface area contributed by atoms with Crippen LogP contribution in [0.25, 0.3) is 17.1 Å². The van der Waals surface area contributed by atoms with Crippen molar-refractivity contribution in [3.8, 4) is 28.6 Å². The predicted octanol–water partition coefficient (Wildman–Crippen LogP) is 5.52. The van der Waals surface area contributed by atoms with Crippen molar-refractivity contribution in [2.75, 3.05) is 14.2 Å². The van der Waals surface area contributed by atoms with Gasteiger partial charge < -0.3 is 9.47 Å². The molecule has 0 aliphatic carbocycles. The van der Waals surface area contributed by atoms with Crippen LogP contribution in [0.2, 0.25) is 0 Å². The standard InChI is InChI=1S/C23H19F2N3O2S/c1-29-18-10-8-17(9-11-18)28-22(19-5-3-4-6-21(19)30-2)26-27-23(28)31-14-15-13-16(24)7-12-20(15)25/h3-13H,14H2,1-2H3. The fourth-order valence-electron chi connectivity index (χ4n) is 3.13. The van der Waals surface area contributed by atoms with Crippen LogP contribution in [0.5, 0.6) is 11.5 Å². The number of methoxy groups -OCH3 is 2. The lowest BCUT2D eigenvalue weighted by atomic mass is 10.2. The molecule has 0 atom stereocenters. The quantitative estimate of drug-likeness (QED) is 0.355. The van der Waals surface area contributed by atoms with E-state index in [2.05, 4.69) is 10.2 Å². The third-order valence-electron chi connectivity index (χ3n) is 4.68. The Hall–Kier alpha value is -3.39. The van der Waals surface area contributed by atoms with Gasteiger partial charge in [0.25, 0.3) is 0 Å². The van der Waals surface area contributed by atoms with Crippen LogP contribution in [-0.4, -0.2) is 29.0 Å². The second kappa shape index (κ2) is 9.18. The first-order chi connectivity index (χ1) is 15.1. The van der Waals surface area contributed by atoms with Gasteiger partial charge in [-0.05, 0) is 54.6 Å². The molecule has 4 aromatic rings. The summed E-state index contributed by atoms with van der Waals surface area (Å²) in [5.74, 6) is 1.19. The van der Waals surface area contributed by atoms with Crippen LogP contribution >= 0.6 is 11.8 Å². The van der Waals surface area contributed by atoms with Crippen LogP contribution in [0.4, 0.5) is 8.78 Å². The third kappa shape index (κ3) is 4.39. The molecule has 158 valence electrons. The maximum Gasteiger partial charge on any atom is 0.196 e. The number of ether oxygens (including phenoxy) is 2. The highest BCUT2D eigenvalue weighted by molar-refractivity contribution is 7.98. The van der Waals surface area contributed by atoms with Crippen molar-refractivity contribution >= 4 is 11.8 Å². The molecule has 0 aliphatic heterocycles. The molecule has 5 nitrogen and oxygen atoms in total. The second-order valence-corrected chi connectivity index (χ2v) is 7.51. The van der Waals surface area contributed by atoms with Crippen LogP contribution in [-0.2, 0) is 5.75 Å². The van der Waals surface area contributed by atoms with Crippen LogP contribution in [0.3, 0.4) is 0 Å². The van der Waals surface area contributed by atoms with E-state index in [1.165, 1.54) is 17.8 Å². The van der Waals surface area contributed by atoms with E-state index in [-0.39, 0.29) is 11.3 Å². The topological polar surface area (TPSA) is 49.2 Å². The zero-order valence-electron chi connectivity index (χ0n) is 16.9. The van der Waals surface area contributed by atoms with Crippen molar-refractivity contribution in [2.45, 2.75) is 10.9 Å². The molecule has 0 unspecified atom stereocenters. The second-order valence-electron chi connectivity index (χ2n) is 6.56. The van der Waals surface area contributed by atoms with Gasteiger partial charge in [0.15, 0.2) is 11.0 Å². The largest absolute Gasteiger partial charge is 0.497 e. The smallest absolute Gasteiger partial charge is 0.196 e. The Labute approximate surface area is 182 Å². The highest BCUT2D eigenvalue weighted by atomic mass is 32.2. The summed E-state index contributed by atoms with van der Waals surface area (Å²) in [6.45, 7) is 0. The predicted molar refractivity (Wildman–Crippen MR) is 116 cm³/mol. The fourth-order valence-corrected chi connectivity index (χ4v) is 4.05. The van der Waals surface area contributed by atoms with Crippen LogP contribution in [0, 0.1) is 11.6 Å². The molecule has 1 aromatic heterocycles. The van der Waals surface area contributed by atoms with Crippen molar-refractivity contribution < 1.29 is 18.3 Å². The summed E-state index contributed by atoms with van der Waals surface area (Å²) >= 11 is 1.27. The number of benzene rings is 3. The average Bonchev–Trinajstić information content (AvgIpc) is 3.23. The van der Waals surface area contributed by atoms with Gasteiger partial charge in [-0.1, -0.05) is 23.9 Å². The highest BCUT2D eigenvalue weighted by Gasteiger charge is 2.19. The van der Waals surface area contributed by atoms with E-state index in [9.17, 15) is 8.78 Å². The Balaban J connectivity index is 1.78. The van der Waals surface area contributed by atoms with Gasteiger partial charge >= 0.3 is 0 Å². The molecule has 31 heavy (non-hydrogen) atoms. The molecule has 4 rings (SSSR count). The number of thioether (sulfide) groups is 1. The van der Waals surface area contributed by atoms with E-state index in [1.807, 2.05) is 53.1 Å². The molecular formula is C23H19F2N3O2S. The molecule has 1 heterocycles. The molecule has 0 amide bonds. The third-order valence-corrected chi connectivity index (χ3v) is 5.65.